The Morgan fingerprint density at radius 1 is 1.42 bits per heavy atom. The predicted molar refractivity (Wildman–Crippen MR) is 66.3 cm³/mol. The number of benzene rings is 1. The SMILES string of the molecule is Cc1ccc(C(=O)NCC(C)(O)CC(=O)O)cc1F. The normalized spacial score (nSPS) is 13.7. The van der Waals surface area contributed by atoms with Crippen molar-refractivity contribution in [1.82, 2.24) is 5.32 Å². The van der Waals surface area contributed by atoms with Crippen LogP contribution in [-0.4, -0.2) is 34.2 Å². The van der Waals surface area contributed by atoms with Crippen LogP contribution in [0.1, 0.15) is 29.3 Å². The minimum atomic E-state index is -1.55. The van der Waals surface area contributed by atoms with Gasteiger partial charge in [-0.05, 0) is 31.5 Å². The second-order valence-electron chi connectivity index (χ2n) is 4.71. The zero-order chi connectivity index (χ0) is 14.6. The second-order valence-corrected chi connectivity index (χ2v) is 4.71. The van der Waals surface area contributed by atoms with Crippen molar-refractivity contribution in [3.8, 4) is 0 Å². The molecule has 5 nitrogen and oxygen atoms in total. The standard InChI is InChI=1S/C13H16FNO4/c1-8-3-4-9(5-10(8)14)12(18)15-7-13(2,19)6-11(16)17/h3-5,19H,6-7H2,1-2H3,(H,15,18)(H,16,17). The van der Waals surface area contributed by atoms with Crippen LogP contribution < -0.4 is 5.32 Å². The van der Waals surface area contributed by atoms with Gasteiger partial charge in [-0.25, -0.2) is 4.39 Å². The molecule has 0 aliphatic carbocycles. The molecule has 3 N–H and O–H groups in total. The molecule has 1 aromatic carbocycles. The van der Waals surface area contributed by atoms with Crippen molar-refractivity contribution in [2.24, 2.45) is 0 Å². The van der Waals surface area contributed by atoms with Crippen molar-refractivity contribution in [1.29, 1.82) is 0 Å². The average molecular weight is 269 g/mol. The summed E-state index contributed by atoms with van der Waals surface area (Å²) in [5.41, 5.74) is -1.01. The van der Waals surface area contributed by atoms with E-state index in [2.05, 4.69) is 5.32 Å². The summed E-state index contributed by atoms with van der Waals surface area (Å²) in [6.07, 6.45) is -0.491. The van der Waals surface area contributed by atoms with Crippen molar-refractivity contribution in [2.45, 2.75) is 25.9 Å². The van der Waals surface area contributed by atoms with Crippen LogP contribution in [0.25, 0.3) is 0 Å². The molecule has 0 heterocycles. The molecular formula is C13H16FNO4. The molecule has 0 fully saturated rings. The average Bonchev–Trinajstić information content (AvgIpc) is 2.28. The van der Waals surface area contributed by atoms with E-state index in [1.807, 2.05) is 0 Å². The molecule has 0 aromatic heterocycles. The topological polar surface area (TPSA) is 86.6 Å². The molecule has 0 spiro atoms. The molecule has 1 amide bonds. The molecule has 1 atom stereocenters. The number of aliphatic carboxylic acids is 1. The summed E-state index contributed by atoms with van der Waals surface area (Å²) in [6.45, 7) is 2.65. The Morgan fingerprint density at radius 2 is 2.05 bits per heavy atom. The van der Waals surface area contributed by atoms with Gasteiger partial charge in [-0.1, -0.05) is 6.07 Å². The number of nitrogens with one attached hydrogen (secondary N) is 1. The lowest BCUT2D eigenvalue weighted by atomic mass is 10.0. The van der Waals surface area contributed by atoms with E-state index in [1.165, 1.54) is 19.1 Å². The fourth-order valence-corrected chi connectivity index (χ4v) is 1.50. The van der Waals surface area contributed by atoms with Gasteiger partial charge in [0.25, 0.3) is 5.91 Å². The van der Waals surface area contributed by atoms with E-state index in [0.717, 1.165) is 6.07 Å². The molecule has 6 heteroatoms. The van der Waals surface area contributed by atoms with Gasteiger partial charge in [0.15, 0.2) is 0 Å². The number of carbonyl (C=O) groups is 2. The molecule has 1 rings (SSSR count). The predicted octanol–water partition coefficient (Wildman–Crippen LogP) is 1.09. The third-order valence-electron chi connectivity index (χ3n) is 2.60. The first-order valence-corrected chi connectivity index (χ1v) is 5.70. The first-order valence-electron chi connectivity index (χ1n) is 5.70. The summed E-state index contributed by atoms with van der Waals surface area (Å²) in [5, 5.41) is 20.7. The Morgan fingerprint density at radius 3 is 2.58 bits per heavy atom. The number of rotatable bonds is 5. The maximum atomic E-state index is 13.3. The fraction of sp³-hybridized carbons (Fsp3) is 0.385. The second kappa shape index (κ2) is 5.79. The van der Waals surface area contributed by atoms with Crippen LogP contribution in [0.4, 0.5) is 4.39 Å². The first kappa shape index (κ1) is 15.1. The van der Waals surface area contributed by atoms with Gasteiger partial charge >= 0.3 is 5.97 Å². The first-order chi connectivity index (χ1) is 8.71. The third-order valence-corrected chi connectivity index (χ3v) is 2.60. The van der Waals surface area contributed by atoms with Gasteiger partial charge < -0.3 is 15.5 Å². The van der Waals surface area contributed by atoms with Crippen LogP contribution in [0.15, 0.2) is 18.2 Å². The van der Waals surface area contributed by atoms with E-state index >= 15 is 0 Å². The minimum absolute atomic E-state index is 0.120. The number of aliphatic hydroxyl groups is 1. The maximum absolute atomic E-state index is 13.3. The summed E-state index contributed by atoms with van der Waals surface area (Å²) in [7, 11) is 0. The van der Waals surface area contributed by atoms with E-state index < -0.39 is 29.7 Å². The highest BCUT2D eigenvalue weighted by molar-refractivity contribution is 5.94. The van der Waals surface area contributed by atoms with Crippen molar-refractivity contribution in [3.05, 3.63) is 35.1 Å². The van der Waals surface area contributed by atoms with E-state index in [0.29, 0.717) is 5.56 Å². The minimum Gasteiger partial charge on any atom is -0.481 e. The van der Waals surface area contributed by atoms with Crippen LogP contribution in [0.3, 0.4) is 0 Å². The molecule has 0 saturated carbocycles. The summed E-state index contributed by atoms with van der Waals surface area (Å²) in [5.74, 6) is -2.23. The summed E-state index contributed by atoms with van der Waals surface area (Å²) in [6, 6.07) is 4.02. The molecule has 0 radical (unpaired) electrons. The highest BCUT2D eigenvalue weighted by Crippen LogP contribution is 2.11. The smallest absolute Gasteiger partial charge is 0.306 e. The van der Waals surface area contributed by atoms with Gasteiger partial charge in [0.05, 0.1) is 12.0 Å². The monoisotopic (exact) mass is 269 g/mol. The van der Waals surface area contributed by atoms with Crippen molar-refractivity contribution < 1.29 is 24.2 Å². The van der Waals surface area contributed by atoms with Gasteiger partial charge in [-0.15, -0.1) is 0 Å². The van der Waals surface area contributed by atoms with Crippen molar-refractivity contribution in [2.75, 3.05) is 6.54 Å². The summed E-state index contributed by atoms with van der Waals surface area (Å²) < 4.78 is 13.3. The Kier molecular flexibility index (Phi) is 4.61. The Bertz CT molecular complexity index is 499. The molecule has 0 saturated heterocycles. The van der Waals surface area contributed by atoms with Crippen molar-refractivity contribution >= 4 is 11.9 Å². The van der Waals surface area contributed by atoms with Gasteiger partial charge in [0.1, 0.15) is 5.82 Å². The number of hydrogen-bond acceptors (Lipinski definition) is 3. The zero-order valence-electron chi connectivity index (χ0n) is 10.7. The summed E-state index contributed by atoms with van der Waals surface area (Å²) in [4.78, 5) is 22.2. The number of hydrogen-bond donors (Lipinski definition) is 3. The van der Waals surface area contributed by atoms with E-state index in [9.17, 15) is 19.1 Å². The van der Waals surface area contributed by atoms with Gasteiger partial charge in [-0.3, -0.25) is 9.59 Å². The third kappa shape index (κ3) is 4.67. The van der Waals surface area contributed by atoms with E-state index in [4.69, 9.17) is 5.11 Å². The molecular weight excluding hydrogens is 253 g/mol. The quantitative estimate of drug-likeness (QED) is 0.746. The largest absolute Gasteiger partial charge is 0.481 e. The number of aryl methyl sites for hydroxylation is 1. The molecule has 0 bridgehead atoms. The molecule has 1 unspecified atom stereocenters. The molecule has 1 aromatic rings. The number of carbonyl (C=O) groups excluding carboxylic acids is 1. The Labute approximate surface area is 110 Å². The van der Waals surface area contributed by atoms with Gasteiger partial charge in [0, 0.05) is 12.1 Å². The number of carboxylic acid groups (broad SMARTS) is 1. The number of halogens is 1. The van der Waals surface area contributed by atoms with Gasteiger partial charge in [-0.2, -0.15) is 0 Å². The van der Waals surface area contributed by atoms with E-state index in [1.54, 1.807) is 6.92 Å². The van der Waals surface area contributed by atoms with Gasteiger partial charge in [0.2, 0.25) is 0 Å². The van der Waals surface area contributed by atoms with Crippen molar-refractivity contribution in [3.63, 3.8) is 0 Å². The van der Waals surface area contributed by atoms with Crippen LogP contribution in [-0.2, 0) is 4.79 Å². The molecule has 19 heavy (non-hydrogen) atoms. The van der Waals surface area contributed by atoms with E-state index in [-0.39, 0.29) is 12.1 Å². The molecule has 104 valence electrons. The van der Waals surface area contributed by atoms with Crippen LogP contribution in [0.2, 0.25) is 0 Å². The van der Waals surface area contributed by atoms with Crippen LogP contribution in [0, 0.1) is 12.7 Å². The fourth-order valence-electron chi connectivity index (χ4n) is 1.50. The van der Waals surface area contributed by atoms with Crippen LogP contribution in [0.5, 0.6) is 0 Å². The highest BCUT2D eigenvalue weighted by Gasteiger charge is 2.25. The Balaban J connectivity index is 2.65. The zero-order valence-corrected chi connectivity index (χ0v) is 10.7. The number of amides is 1. The maximum Gasteiger partial charge on any atom is 0.306 e. The van der Waals surface area contributed by atoms with Crippen LogP contribution >= 0.6 is 0 Å². The summed E-state index contributed by atoms with van der Waals surface area (Å²) >= 11 is 0. The lowest BCUT2D eigenvalue weighted by Crippen LogP contribution is -2.42. The Hall–Kier alpha value is -1.95. The highest BCUT2D eigenvalue weighted by atomic mass is 19.1. The molecule has 0 aliphatic heterocycles. The molecule has 0 aliphatic rings. The number of carboxylic acids is 1. The lowest BCUT2D eigenvalue weighted by molar-refractivity contribution is -0.141. The lowest BCUT2D eigenvalue weighted by Gasteiger charge is -2.21.